The number of Topliss-reactive ketones (excluding diaryl/α,β-unsaturated/α-hetero) is 2. The lowest BCUT2D eigenvalue weighted by Gasteiger charge is -2.34. The van der Waals surface area contributed by atoms with Gasteiger partial charge in [0.2, 0.25) is 5.78 Å². The highest BCUT2D eigenvalue weighted by atomic mass is 19.4. The highest BCUT2D eigenvalue weighted by Gasteiger charge is 2.53. The molecule has 1 atom stereocenters. The molecule has 17 heavy (non-hydrogen) atoms. The van der Waals surface area contributed by atoms with Gasteiger partial charge >= 0.3 is 6.18 Å². The largest absolute Gasteiger partial charge is 0.450 e. The van der Waals surface area contributed by atoms with Gasteiger partial charge in [-0.2, -0.15) is 13.2 Å². The fourth-order valence-electron chi connectivity index (χ4n) is 2.21. The minimum Gasteiger partial charge on any atom is -0.347 e. The molecule has 1 heterocycles. The standard InChI is InChI=1S/C10H11F3O4/c11-10(12,13)8(15)6-5-9(2-1-7(6)14)16-3-4-17-9/h6H,1-5H2. The molecule has 1 aliphatic heterocycles. The van der Waals surface area contributed by atoms with Crippen molar-refractivity contribution in [2.45, 2.75) is 31.2 Å². The number of rotatable bonds is 1. The van der Waals surface area contributed by atoms with Gasteiger partial charge in [-0.15, -0.1) is 0 Å². The second-order valence-corrected chi connectivity index (χ2v) is 4.19. The number of hydrogen-bond donors (Lipinski definition) is 0. The van der Waals surface area contributed by atoms with Crippen LogP contribution in [0, 0.1) is 5.92 Å². The van der Waals surface area contributed by atoms with Crippen LogP contribution >= 0.6 is 0 Å². The van der Waals surface area contributed by atoms with Crippen LogP contribution in [0.4, 0.5) is 13.2 Å². The van der Waals surface area contributed by atoms with Crippen molar-refractivity contribution in [2.24, 2.45) is 5.92 Å². The molecule has 1 saturated carbocycles. The van der Waals surface area contributed by atoms with Crippen LogP contribution in [0.5, 0.6) is 0 Å². The molecule has 7 heteroatoms. The van der Waals surface area contributed by atoms with Crippen molar-refractivity contribution in [3.8, 4) is 0 Å². The van der Waals surface area contributed by atoms with E-state index in [2.05, 4.69) is 0 Å². The summed E-state index contributed by atoms with van der Waals surface area (Å²) in [5.41, 5.74) is 0. The van der Waals surface area contributed by atoms with Gasteiger partial charge in [0.1, 0.15) is 5.78 Å². The van der Waals surface area contributed by atoms with E-state index >= 15 is 0 Å². The first kappa shape index (κ1) is 12.5. The van der Waals surface area contributed by atoms with Crippen molar-refractivity contribution in [1.29, 1.82) is 0 Å². The van der Waals surface area contributed by atoms with Crippen LogP contribution in [0.15, 0.2) is 0 Å². The van der Waals surface area contributed by atoms with E-state index in [1.807, 2.05) is 0 Å². The van der Waals surface area contributed by atoms with Crippen molar-refractivity contribution in [1.82, 2.24) is 0 Å². The highest BCUT2D eigenvalue weighted by molar-refractivity contribution is 6.05. The zero-order valence-electron chi connectivity index (χ0n) is 8.88. The maximum atomic E-state index is 12.3. The van der Waals surface area contributed by atoms with Gasteiger partial charge in [-0.05, 0) is 0 Å². The second-order valence-electron chi connectivity index (χ2n) is 4.19. The first-order chi connectivity index (χ1) is 7.84. The number of ether oxygens (including phenoxy) is 2. The minimum absolute atomic E-state index is 0.119. The van der Waals surface area contributed by atoms with E-state index in [1.165, 1.54) is 0 Å². The Morgan fingerprint density at radius 2 is 1.88 bits per heavy atom. The van der Waals surface area contributed by atoms with E-state index in [0.29, 0.717) is 0 Å². The van der Waals surface area contributed by atoms with Gasteiger partial charge < -0.3 is 9.47 Å². The maximum Gasteiger partial charge on any atom is 0.450 e. The van der Waals surface area contributed by atoms with Crippen LogP contribution < -0.4 is 0 Å². The normalized spacial score (nSPS) is 28.6. The zero-order chi connectivity index (χ0) is 12.7. The van der Waals surface area contributed by atoms with Crippen LogP contribution in [-0.4, -0.2) is 36.7 Å². The molecule has 0 aromatic rings. The Balaban J connectivity index is 2.15. The summed E-state index contributed by atoms with van der Waals surface area (Å²) in [4.78, 5) is 22.5. The van der Waals surface area contributed by atoms with Crippen LogP contribution in [0.2, 0.25) is 0 Å². The van der Waals surface area contributed by atoms with Gasteiger partial charge in [-0.1, -0.05) is 0 Å². The third kappa shape index (κ3) is 2.35. The molecule has 2 rings (SSSR count). The average Bonchev–Trinajstić information content (AvgIpc) is 2.68. The van der Waals surface area contributed by atoms with Crippen molar-refractivity contribution in [3.05, 3.63) is 0 Å². The molecule has 1 aliphatic carbocycles. The van der Waals surface area contributed by atoms with Gasteiger partial charge in [-0.25, -0.2) is 0 Å². The van der Waals surface area contributed by atoms with Gasteiger partial charge in [0, 0.05) is 19.3 Å². The Bertz CT molecular complexity index is 344. The van der Waals surface area contributed by atoms with Gasteiger partial charge in [0.15, 0.2) is 5.79 Å². The lowest BCUT2D eigenvalue weighted by atomic mass is 9.81. The molecule has 0 aromatic carbocycles. The number of alkyl halides is 3. The molecular weight excluding hydrogens is 241 g/mol. The molecule has 2 fully saturated rings. The summed E-state index contributed by atoms with van der Waals surface area (Å²) in [6, 6.07) is 0. The zero-order valence-corrected chi connectivity index (χ0v) is 8.88. The molecule has 1 spiro atoms. The Labute approximate surface area is 95.1 Å². The third-order valence-electron chi connectivity index (χ3n) is 3.07. The monoisotopic (exact) mass is 252 g/mol. The predicted molar refractivity (Wildman–Crippen MR) is 48.0 cm³/mol. The fourth-order valence-corrected chi connectivity index (χ4v) is 2.21. The summed E-state index contributed by atoms with van der Waals surface area (Å²) in [6.07, 6.45) is -5.22. The number of ketones is 2. The Kier molecular flexibility index (Phi) is 2.99. The summed E-state index contributed by atoms with van der Waals surface area (Å²) in [6.45, 7) is 0.558. The first-order valence-electron chi connectivity index (χ1n) is 5.26. The van der Waals surface area contributed by atoms with Crippen LogP contribution in [0.1, 0.15) is 19.3 Å². The third-order valence-corrected chi connectivity index (χ3v) is 3.07. The maximum absolute atomic E-state index is 12.3. The van der Waals surface area contributed by atoms with E-state index in [9.17, 15) is 22.8 Å². The Morgan fingerprint density at radius 1 is 1.29 bits per heavy atom. The minimum atomic E-state index is -4.99. The SMILES string of the molecule is O=C1CCC2(CC1C(=O)C(F)(F)F)OCCO2. The number of carbonyl (C=O) groups excluding carboxylic acids is 2. The Morgan fingerprint density at radius 3 is 2.41 bits per heavy atom. The molecule has 0 amide bonds. The summed E-state index contributed by atoms with van der Waals surface area (Å²) in [5, 5.41) is 0. The van der Waals surface area contributed by atoms with E-state index in [1.54, 1.807) is 0 Å². The summed E-state index contributed by atoms with van der Waals surface area (Å²) in [5.74, 6) is -5.53. The van der Waals surface area contributed by atoms with Crippen LogP contribution in [0.25, 0.3) is 0 Å². The lowest BCUT2D eigenvalue weighted by molar-refractivity contribution is -0.202. The summed E-state index contributed by atoms with van der Waals surface area (Å²) >= 11 is 0. The molecule has 1 unspecified atom stereocenters. The van der Waals surface area contributed by atoms with Gasteiger partial charge in [-0.3, -0.25) is 9.59 Å². The molecule has 0 aromatic heterocycles. The van der Waals surface area contributed by atoms with E-state index in [0.717, 1.165) is 0 Å². The van der Waals surface area contributed by atoms with Crippen LogP contribution in [-0.2, 0) is 19.1 Å². The molecule has 96 valence electrons. The molecular formula is C10H11F3O4. The van der Waals surface area contributed by atoms with Crippen molar-refractivity contribution >= 4 is 11.6 Å². The first-order valence-corrected chi connectivity index (χ1v) is 5.26. The molecule has 4 nitrogen and oxygen atoms in total. The Hall–Kier alpha value is -0.950. The molecule has 0 bridgehead atoms. The van der Waals surface area contributed by atoms with Gasteiger partial charge in [0.25, 0.3) is 0 Å². The molecule has 0 radical (unpaired) electrons. The van der Waals surface area contributed by atoms with E-state index < -0.39 is 29.4 Å². The summed E-state index contributed by atoms with van der Waals surface area (Å²) < 4.78 is 47.4. The van der Waals surface area contributed by atoms with E-state index in [4.69, 9.17) is 9.47 Å². The molecule has 1 saturated heterocycles. The lowest BCUT2D eigenvalue weighted by Crippen LogP contribution is -2.46. The average molecular weight is 252 g/mol. The number of halogens is 3. The predicted octanol–water partition coefficient (Wildman–Crippen LogP) is 1.23. The second kappa shape index (κ2) is 4.06. The number of carbonyl (C=O) groups is 2. The molecule has 0 N–H and O–H groups in total. The number of hydrogen-bond acceptors (Lipinski definition) is 4. The quantitative estimate of drug-likeness (QED) is 0.659. The van der Waals surface area contributed by atoms with Crippen molar-refractivity contribution < 1.29 is 32.2 Å². The van der Waals surface area contributed by atoms with Crippen molar-refractivity contribution in [2.75, 3.05) is 13.2 Å². The van der Waals surface area contributed by atoms with Crippen molar-refractivity contribution in [3.63, 3.8) is 0 Å². The smallest absolute Gasteiger partial charge is 0.347 e. The summed E-state index contributed by atoms with van der Waals surface area (Å²) in [7, 11) is 0. The topological polar surface area (TPSA) is 52.6 Å². The fraction of sp³-hybridized carbons (Fsp3) is 0.800. The van der Waals surface area contributed by atoms with Gasteiger partial charge in [0.05, 0.1) is 19.1 Å². The van der Waals surface area contributed by atoms with Crippen LogP contribution in [0.3, 0.4) is 0 Å². The molecule has 2 aliphatic rings. The van der Waals surface area contributed by atoms with E-state index in [-0.39, 0.29) is 32.5 Å². The highest BCUT2D eigenvalue weighted by Crippen LogP contribution is 2.39.